The Balaban J connectivity index is 2.89. The fourth-order valence-corrected chi connectivity index (χ4v) is 1.99. The van der Waals surface area contributed by atoms with E-state index in [4.69, 9.17) is 0 Å². The Morgan fingerprint density at radius 2 is 1.81 bits per heavy atom. The minimum absolute atomic E-state index is 0.515. The molecule has 0 N–H and O–H groups in total. The van der Waals surface area contributed by atoms with E-state index < -0.39 is 0 Å². The zero-order chi connectivity index (χ0) is 12.1. The van der Waals surface area contributed by atoms with Crippen LogP contribution in [0.3, 0.4) is 0 Å². The minimum Gasteiger partial charge on any atom is -0.378 e. The quantitative estimate of drug-likeness (QED) is 0.668. The van der Waals surface area contributed by atoms with Crippen LogP contribution in [0.15, 0.2) is 36.4 Å². The maximum Gasteiger partial charge on any atom is 0.0361 e. The number of rotatable bonds is 5. The second-order valence-electron chi connectivity index (χ2n) is 4.67. The first-order valence-corrected chi connectivity index (χ1v) is 5.99. The van der Waals surface area contributed by atoms with E-state index in [2.05, 4.69) is 63.7 Å². The third-order valence-corrected chi connectivity index (χ3v) is 2.98. The fraction of sp³-hybridized carbons (Fsp3) is 0.467. The Bertz CT molecular complexity index is 335. The molecule has 0 aromatic heterocycles. The first kappa shape index (κ1) is 12.8. The maximum absolute atomic E-state index is 4.10. The lowest BCUT2D eigenvalue weighted by atomic mass is 9.89. The molecule has 0 bridgehead atoms. The number of anilines is 1. The van der Waals surface area contributed by atoms with Gasteiger partial charge in [0.05, 0.1) is 0 Å². The van der Waals surface area contributed by atoms with Gasteiger partial charge in [0.25, 0.3) is 0 Å². The van der Waals surface area contributed by atoms with Crippen molar-refractivity contribution >= 4 is 5.69 Å². The van der Waals surface area contributed by atoms with Gasteiger partial charge in [-0.25, -0.2) is 0 Å². The van der Waals surface area contributed by atoms with Crippen molar-refractivity contribution < 1.29 is 0 Å². The normalized spacial score (nSPS) is 12.2. The summed E-state index contributed by atoms with van der Waals surface area (Å²) >= 11 is 0. The molecule has 1 aromatic rings. The van der Waals surface area contributed by atoms with Crippen molar-refractivity contribution in [1.29, 1.82) is 0 Å². The number of nitrogens with zero attached hydrogens (tertiary/aromatic N) is 1. The number of hydrogen-bond donors (Lipinski definition) is 0. The zero-order valence-electron chi connectivity index (χ0n) is 11.0. The van der Waals surface area contributed by atoms with E-state index in [1.807, 2.05) is 0 Å². The summed E-state index contributed by atoms with van der Waals surface area (Å²) in [5.74, 6) is 0.515. The molecular weight excluding hydrogens is 194 g/mol. The SMILES string of the molecule is C=C(C)[C@H](CCC)c1ccc(N(C)C)cc1. The van der Waals surface area contributed by atoms with Crippen molar-refractivity contribution in [1.82, 2.24) is 0 Å². The van der Waals surface area contributed by atoms with Crippen molar-refractivity contribution in [2.45, 2.75) is 32.6 Å². The molecule has 88 valence electrons. The van der Waals surface area contributed by atoms with Crippen LogP contribution in [0.2, 0.25) is 0 Å². The highest BCUT2D eigenvalue weighted by Gasteiger charge is 2.11. The van der Waals surface area contributed by atoms with E-state index in [1.165, 1.54) is 29.7 Å². The molecule has 1 nitrogen and oxygen atoms in total. The summed E-state index contributed by atoms with van der Waals surface area (Å²) in [5, 5.41) is 0. The van der Waals surface area contributed by atoms with E-state index in [0.717, 1.165) is 0 Å². The zero-order valence-corrected chi connectivity index (χ0v) is 11.0. The Morgan fingerprint density at radius 3 is 2.19 bits per heavy atom. The Kier molecular flexibility index (Phi) is 4.60. The number of benzene rings is 1. The van der Waals surface area contributed by atoms with Crippen LogP contribution in [-0.2, 0) is 0 Å². The average molecular weight is 217 g/mol. The van der Waals surface area contributed by atoms with Crippen molar-refractivity contribution in [3.8, 4) is 0 Å². The largest absolute Gasteiger partial charge is 0.378 e. The van der Waals surface area contributed by atoms with Gasteiger partial charge in [-0.2, -0.15) is 0 Å². The lowest BCUT2D eigenvalue weighted by Gasteiger charge is -2.18. The minimum atomic E-state index is 0.515. The Hall–Kier alpha value is -1.24. The third kappa shape index (κ3) is 3.13. The molecule has 1 atom stereocenters. The standard InChI is InChI=1S/C15H23N/c1-6-7-15(12(2)3)13-8-10-14(11-9-13)16(4)5/h8-11,15H,2,6-7H2,1,3-5H3/t15-/m0/s1. The molecule has 0 saturated heterocycles. The summed E-state index contributed by atoms with van der Waals surface area (Å²) in [6.07, 6.45) is 2.39. The van der Waals surface area contributed by atoms with E-state index >= 15 is 0 Å². The van der Waals surface area contributed by atoms with E-state index in [-0.39, 0.29) is 0 Å². The Labute approximate surface area is 99.8 Å². The lowest BCUT2D eigenvalue weighted by molar-refractivity contribution is 0.688. The number of allylic oxidation sites excluding steroid dienone is 1. The molecule has 1 aromatic carbocycles. The molecule has 0 aliphatic heterocycles. The van der Waals surface area contributed by atoms with Gasteiger partial charge in [0.2, 0.25) is 0 Å². The van der Waals surface area contributed by atoms with Crippen molar-refractivity contribution in [3.63, 3.8) is 0 Å². The van der Waals surface area contributed by atoms with Crippen LogP contribution < -0.4 is 4.90 Å². The predicted molar refractivity (Wildman–Crippen MR) is 73.2 cm³/mol. The highest BCUT2D eigenvalue weighted by Crippen LogP contribution is 2.28. The van der Waals surface area contributed by atoms with Crippen LogP contribution in [0.5, 0.6) is 0 Å². The highest BCUT2D eigenvalue weighted by atomic mass is 15.1. The smallest absolute Gasteiger partial charge is 0.0361 e. The monoisotopic (exact) mass is 217 g/mol. The van der Waals surface area contributed by atoms with E-state index in [9.17, 15) is 0 Å². The summed E-state index contributed by atoms with van der Waals surface area (Å²) in [6.45, 7) is 8.45. The van der Waals surface area contributed by atoms with Gasteiger partial charge >= 0.3 is 0 Å². The van der Waals surface area contributed by atoms with Crippen LogP contribution in [0.4, 0.5) is 5.69 Å². The summed E-state index contributed by atoms with van der Waals surface area (Å²) in [6, 6.07) is 8.82. The molecule has 0 unspecified atom stereocenters. The van der Waals surface area contributed by atoms with Gasteiger partial charge in [-0.3, -0.25) is 0 Å². The molecule has 0 aliphatic carbocycles. The summed E-state index contributed by atoms with van der Waals surface area (Å²) in [4.78, 5) is 2.12. The van der Waals surface area contributed by atoms with Gasteiger partial charge in [-0.05, 0) is 31.0 Å². The van der Waals surface area contributed by atoms with Crippen molar-refractivity contribution in [3.05, 3.63) is 42.0 Å². The van der Waals surface area contributed by atoms with Gasteiger partial charge < -0.3 is 4.90 Å². The second kappa shape index (κ2) is 5.74. The van der Waals surface area contributed by atoms with Crippen LogP contribution >= 0.6 is 0 Å². The molecule has 0 saturated carbocycles. The molecule has 1 rings (SSSR count). The van der Waals surface area contributed by atoms with Crippen molar-refractivity contribution in [2.24, 2.45) is 0 Å². The van der Waals surface area contributed by atoms with Crippen molar-refractivity contribution in [2.75, 3.05) is 19.0 Å². The highest BCUT2D eigenvalue weighted by molar-refractivity contribution is 5.47. The van der Waals surface area contributed by atoms with Gasteiger partial charge in [-0.1, -0.05) is 37.6 Å². The lowest BCUT2D eigenvalue weighted by Crippen LogP contribution is -2.08. The molecule has 1 heteroatoms. The molecule has 0 amide bonds. The molecule has 0 fully saturated rings. The molecule has 0 aliphatic rings. The molecule has 0 heterocycles. The fourth-order valence-electron chi connectivity index (χ4n) is 1.99. The van der Waals surface area contributed by atoms with Gasteiger partial charge in [0, 0.05) is 25.7 Å². The second-order valence-corrected chi connectivity index (χ2v) is 4.67. The molecule has 0 spiro atoms. The van der Waals surface area contributed by atoms with Crippen LogP contribution in [0.25, 0.3) is 0 Å². The maximum atomic E-state index is 4.10. The summed E-state index contributed by atoms with van der Waals surface area (Å²) in [5.41, 5.74) is 3.90. The summed E-state index contributed by atoms with van der Waals surface area (Å²) in [7, 11) is 4.13. The first-order chi connectivity index (χ1) is 7.56. The molecule has 16 heavy (non-hydrogen) atoms. The first-order valence-electron chi connectivity index (χ1n) is 5.99. The van der Waals surface area contributed by atoms with Crippen LogP contribution in [-0.4, -0.2) is 14.1 Å². The van der Waals surface area contributed by atoms with Crippen LogP contribution in [0.1, 0.15) is 38.2 Å². The molecule has 0 radical (unpaired) electrons. The van der Waals surface area contributed by atoms with Crippen LogP contribution in [0, 0.1) is 0 Å². The Morgan fingerprint density at radius 1 is 1.25 bits per heavy atom. The average Bonchev–Trinajstić information content (AvgIpc) is 2.25. The summed E-state index contributed by atoms with van der Waals surface area (Å²) < 4.78 is 0. The van der Waals surface area contributed by atoms with Gasteiger partial charge in [0.15, 0.2) is 0 Å². The van der Waals surface area contributed by atoms with Gasteiger partial charge in [-0.15, -0.1) is 0 Å². The van der Waals surface area contributed by atoms with E-state index in [0.29, 0.717) is 5.92 Å². The predicted octanol–water partition coefficient (Wildman–Crippen LogP) is 4.21. The number of hydrogen-bond acceptors (Lipinski definition) is 1. The van der Waals surface area contributed by atoms with E-state index in [1.54, 1.807) is 0 Å². The third-order valence-electron chi connectivity index (χ3n) is 2.98. The molecular formula is C15H23N. The topological polar surface area (TPSA) is 3.24 Å². The van der Waals surface area contributed by atoms with Gasteiger partial charge in [0.1, 0.15) is 0 Å².